The predicted octanol–water partition coefficient (Wildman–Crippen LogP) is 2.71. The summed E-state index contributed by atoms with van der Waals surface area (Å²) in [6.07, 6.45) is 4.51. The Bertz CT molecular complexity index is 797. The summed E-state index contributed by atoms with van der Waals surface area (Å²) in [5.74, 6) is -1.46. The number of nitriles is 1. The van der Waals surface area contributed by atoms with E-state index in [1.54, 1.807) is 0 Å². The fourth-order valence-corrected chi connectivity index (χ4v) is 4.75. The molecule has 3 N–H and O–H groups in total. The minimum atomic E-state index is -1.67. The quantitative estimate of drug-likeness (QED) is 0.444. The van der Waals surface area contributed by atoms with Crippen LogP contribution in [-0.4, -0.2) is 52.4 Å². The van der Waals surface area contributed by atoms with Crippen LogP contribution < -0.4 is 5.32 Å². The van der Waals surface area contributed by atoms with Crippen LogP contribution in [0.15, 0.2) is 30.3 Å². The van der Waals surface area contributed by atoms with Crippen LogP contribution in [0.25, 0.3) is 0 Å². The molecule has 1 heterocycles. The number of carbonyl (C=O) groups is 2. The number of rotatable bonds is 11. The number of hydrogen-bond acceptors (Lipinski definition) is 5. The normalized spacial score (nSPS) is 18.8. The van der Waals surface area contributed by atoms with Gasteiger partial charge in [0.2, 0.25) is 11.8 Å². The van der Waals surface area contributed by atoms with Gasteiger partial charge in [0.25, 0.3) is 0 Å². The van der Waals surface area contributed by atoms with Crippen LogP contribution in [-0.2, 0) is 16.0 Å². The van der Waals surface area contributed by atoms with Gasteiger partial charge in [-0.2, -0.15) is 5.26 Å². The zero-order chi connectivity index (χ0) is 24.4. The van der Waals surface area contributed by atoms with Crippen molar-refractivity contribution in [2.24, 2.45) is 17.8 Å². The Kier molecular flexibility index (Phi) is 10.9. The van der Waals surface area contributed by atoms with Crippen molar-refractivity contribution < 1.29 is 19.6 Å². The Hall–Kier alpha value is -2.37. The minimum absolute atomic E-state index is 0.0156. The first-order valence-corrected chi connectivity index (χ1v) is 12.1. The lowest BCUT2D eigenvalue weighted by atomic mass is 9.76. The minimum Gasteiger partial charge on any atom is -0.426 e. The molecule has 1 aliphatic rings. The zero-order valence-corrected chi connectivity index (χ0v) is 20.1. The van der Waals surface area contributed by atoms with Crippen LogP contribution in [0.4, 0.5) is 0 Å². The van der Waals surface area contributed by atoms with Gasteiger partial charge in [0, 0.05) is 19.0 Å². The van der Waals surface area contributed by atoms with Crippen LogP contribution in [0.1, 0.15) is 64.9 Å². The Morgan fingerprint density at radius 3 is 2.52 bits per heavy atom. The maximum Gasteiger partial charge on any atom is 0.475 e. The van der Waals surface area contributed by atoms with Gasteiger partial charge in [-0.3, -0.25) is 9.59 Å². The number of likely N-dealkylation sites (tertiary alicyclic amines) is 1. The van der Waals surface area contributed by atoms with Crippen LogP contribution >= 0.6 is 0 Å². The van der Waals surface area contributed by atoms with Crippen molar-refractivity contribution in [3.05, 3.63) is 35.9 Å². The first-order valence-electron chi connectivity index (χ1n) is 12.1. The molecule has 0 bridgehead atoms. The highest BCUT2D eigenvalue weighted by molar-refractivity contribution is 6.43. The molecule has 1 fully saturated rings. The summed E-state index contributed by atoms with van der Waals surface area (Å²) < 4.78 is 0. The average Bonchev–Trinajstić information content (AvgIpc) is 2.78. The largest absolute Gasteiger partial charge is 0.475 e. The third kappa shape index (κ3) is 8.49. The maximum absolute atomic E-state index is 13.2. The summed E-state index contributed by atoms with van der Waals surface area (Å²) in [5, 5.41) is 31.8. The lowest BCUT2D eigenvalue weighted by Gasteiger charge is -2.38. The van der Waals surface area contributed by atoms with Gasteiger partial charge in [-0.1, -0.05) is 51.1 Å². The molecule has 0 aliphatic carbocycles. The Labute approximate surface area is 198 Å². The van der Waals surface area contributed by atoms with Crippen molar-refractivity contribution >= 4 is 18.9 Å². The van der Waals surface area contributed by atoms with Gasteiger partial charge in [0.05, 0.1) is 12.0 Å². The zero-order valence-electron chi connectivity index (χ0n) is 20.1. The van der Waals surface area contributed by atoms with Gasteiger partial charge in [0.15, 0.2) is 0 Å². The Morgan fingerprint density at radius 2 is 1.91 bits per heavy atom. The molecule has 1 aromatic carbocycles. The van der Waals surface area contributed by atoms with Crippen molar-refractivity contribution in [2.45, 2.75) is 77.7 Å². The second-order valence-electron chi connectivity index (χ2n) is 9.71. The van der Waals surface area contributed by atoms with E-state index in [0.29, 0.717) is 25.3 Å². The second kappa shape index (κ2) is 13.4. The van der Waals surface area contributed by atoms with Gasteiger partial charge in [-0.15, -0.1) is 0 Å². The molecule has 0 spiro atoms. The Balaban J connectivity index is 1.96. The number of hydrogen-bond donors (Lipinski definition) is 3. The number of piperidine rings is 1. The fourth-order valence-electron chi connectivity index (χ4n) is 4.75. The third-order valence-electron chi connectivity index (χ3n) is 6.44. The SMILES string of the molecule is CC(C)CC(C)C(C#N)C(=O)N1CCCCC1CCC(=O)N[C@@H](Cc1ccccc1)B(O)O. The van der Waals surface area contributed by atoms with Crippen LogP contribution in [0.2, 0.25) is 0 Å². The van der Waals surface area contributed by atoms with Crippen LogP contribution in [0.3, 0.4) is 0 Å². The summed E-state index contributed by atoms with van der Waals surface area (Å²) in [7, 11) is -1.67. The van der Waals surface area contributed by atoms with Gasteiger partial charge >= 0.3 is 7.12 Å². The summed E-state index contributed by atoms with van der Waals surface area (Å²) in [6.45, 7) is 6.76. The molecule has 1 aliphatic heterocycles. The van der Waals surface area contributed by atoms with E-state index in [9.17, 15) is 24.9 Å². The number of nitrogens with zero attached hydrogens (tertiary/aromatic N) is 2. The summed E-state index contributed by atoms with van der Waals surface area (Å²) >= 11 is 0. The van der Waals surface area contributed by atoms with Crippen LogP contribution in [0.5, 0.6) is 0 Å². The fraction of sp³-hybridized carbons (Fsp3) is 0.640. The lowest BCUT2D eigenvalue weighted by molar-refractivity contribution is -0.139. The molecule has 7 nitrogen and oxygen atoms in total. The highest BCUT2D eigenvalue weighted by atomic mass is 16.4. The van der Waals surface area contributed by atoms with Gasteiger partial charge in [0.1, 0.15) is 5.92 Å². The highest BCUT2D eigenvalue weighted by Crippen LogP contribution is 2.27. The van der Waals surface area contributed by atoms with E-state index >= 15 is 0 Å². The number of nitrogens with one attached hydrogen (secondary N) is 1. The average molecular weight is 455 g/mol. The summed E-state index contributed by atoms with van der Waals surface area (Å²) in [6, 6.07) is 11.5. The van der Waals surface area contributed by atoms with Gasteiger partial charge in [-0.05, 0) is 55.9 Å². The Morgan fingerprint density at radius 1 is 1.21 bits per heavy atom. The molecule has 180 valence electrons. The second-order valence-corrected chi connectivity index (χ2v) is 9.71. The molecule has 2 amide bonds. The molecule has 1 aromatic rings. The molecule has 4 atom stereocenters. The molecular weight excluding hydrogens is 417 g/mol. The topological polar surface area (TPSA) is 114 Å². The number of carbonyl (C=O) groups excluding carboxylic acids is 2. The van der Waals surface area contributed by atoms with Crippen molar-refractivity contribution in [3.8, 4) is 6.07 Å². The molecule has 1 saturated heterocycles. The van der Waals surface area contributed by atoms with Gasteiger partial charge < -0.3 is 20.3 Å². The molecule has 2 rings (SSSR count). The van der Waals surface area contributed by atoms with Gasteiger partial charge in [-0.25, -0.2) is 0 Å². The molecule has 33 heavy (non-hydrogen) atoms. The number of benzene rings is 1. The van der Waals surface area contributed by atoms with Crippen molar-refractivity contribution in [1.82, 2.24) is 10.2 Å². The van der Waals surface area contributed by atoms with Crippen molar-refractivity contribution in [2.75, 3.05) is 6.54 Å². The van der Waals surface area contributed by atoms with Crippen LogP contribution in [0, 0.1) is 29.1 Å². The van der Waals surface area contributed by atoms with E-state index < -0.39 is 19.0 Å². The van der Waals surface area contributed by atoms with Crippen molar-refractivity contribution in [3.63, 3.8) is 0 Å². The first-order chi connectivity index (χ1) is 15.7. The van der Waals surface area contributed by atoms with E-state index in [-0.39, 0.29) is 30.2 Å². The molecule has 0 aromatic heterocycles. The number of amides is 2. The van der Waals surface area contributed by atoms with E-state index in [4.69, 9.17) is 0 Å². The predicted molar refractivity (Wildman–Crippen MR) is 129 cm³/mol. The highest BCUT2D eigenvalue weighted by Gasteiger charge is 2.35. The smallest absolute Gasteiger partial charge is 0.426 e. The standard InChI is InChI=1S/C25H38BN3O4/c1-18(2)15-19(3)22(17-27)25(31)29-14-8-7-11-21(29)12-13-24(30)28-23(26(32)33)16-20-9-5-4-6-10-20/h4-6,9-10,18-19,21-23,32-33H,7-8,11-16H2,1-3H3,(H,28,30)/t19?,21?,22?,23-/m0/s1. The van der Waals surface area contributed by atoms with E-state index in [2.05, 4.69) is 25.2 Å². The maximum atomic E-state index is 13.2. The van der Waals surface area contributed by atoms with E-state index in [1.165, 1.54) is 0 Å². The lowest BCUT2D eigenvalue weighted by Crippen LogP contribution is -2.49. The summed E-state index contributed by atoms with van der Waals surface area (Å²) in [4.78, 5) is 27.6. The third-order valence-corrected chi connectivity index (χ3v) is 6.44. The molecule has 0 radical (unpaired) electrons. The monoisotopic (exact) mass is 455 g/mol. The first kappa shape index (κ1) is 26.9. The molecule has 8 heteroatoms. The summed E-state index contributed by atoms with van der Waals surface area (Å²) in [5.41, 5.74) is 0.901. The van der Waals surface area contributed by atoms with E-state index in [1.807, 2.05) is 42.2 Å². The van der Waals surface area contributed by atoms with Crippen molar-refractivity contribution in [1.29, 1.82) is 5.26 Å². The molecule has 3 unspecified atom stereocenters. The molecule has 0 saturated carbocycles. The van der Waals surface area contributed by atoms with E-state index in [0.717, 1.165) is 31.2 Å². The molecular formula is C25H38BN3O4.